The van der Waals surface area contributed by atoms with Crippen molar-refractivity contribution >= 4 is 12.0 Å². The zero-order chi connectivity index (χ0) is 14.6. The van der Waals surface area contributed by atoms with E-state index in [1.807, 2.05) is 0 Å². The highest BCUT2D eigenvalue weighted by atomic mass is 16.4. The number of likely N-dealkylation sites (tertiary alicyclic amines) is 1. The normalized spacial score (nSPS) is 18.1. The highest BCUT2D eigenvalue weighted by Crippen LogP contribution is 2.17. The molecule has 1 aliphatic rings. The number of nitrogens with zero attached hydrogens (tertiary/aromatic N) is 2. The summed E-state index contributed by atoms with van der Waals surface area (Å²) in [6.07, 6.45) is 2.16. The van der Waals surface area contributed by atoms with Crippen LogP contribution in [-0.2, 0) is 4.79 Å². The second-order valence-electron chi connectivity index (χ2n) is 5.99. The van der Waals surface area contributed by atoms with E-state index in [0.717, 1.165) is 25.9 Å². The number of hydrogen-bond donors (Lipinski definition) is 2. The Morgan fingerprint density at radius 2 is 1.89 bits per heavy atom. The molecule has 0 bridgehead atoms. The quantitative estimate of drug-likeness (QED) is 0.794. The number of carbonyl (C=O) groups excluding carboxylic acids is 1. The van der Waals surface area contributed by atoms with Crippen LogP contribution in [0.4, 0.5) is 4.79 Å². The SMILES string of the molecule is CN1CCC(CN(C)C(=O)NC(C)(C)C(=O)O)CC1. The maximum Gasteiger partial charge on any atom is 0.328 e. The van der Waals surface area contributed by atoms with E-state index in [2.05, 4.69) is 17.3 Å². The van der Waals surface area contributed by atoms with Crippen molar-refractivity contribution in [1.29, 1.82) is 0 Å². The first-order valence-electron chi connectivity index (χ1n) is 6.67. The zero-order valence-corrected chi connectivity index (χ0v) is 12.3. The van der Waals surface area contributed by atoms with Crippen LogP contribution in [0, 0.1) is 5.92 Å². The summed E-state index contributed by atoms with van der Waals surface area (Å²) < 4.78 is 0. The van der Waals surface area contributed by atoms with Crippen molar-refractivity contribution in [2.75, 3.05) is 33.7 Å². The van der Waals surface area contributed by atoms with Gasteiger partial charge in [-0.25, -0.2) is 9.59 Å². The second kappa shape index (κ2) is 6.23. The third-order valence-corrected chi connectivity index (χ3v) is 3.67. The predicted octanol–water partition coefficient (Wildman–Crippen LogP) is 0.833. The van der Waals surface area contributed by atoms with Gasteiger partial charge in [-0.2, -0.15) is 0 Å². The van der Waals surface area contributed by atoms with E-state index in [0.29, 0.717) is 12.5 Å². The van der Waals surface area contributed by atoms with Crippen molar-refractivity contribution in [2.45, 2.75) is 32.2 Å². The number of carbonyl (C=O) groups is 2. The van der Waals surface area contributed by atoms with Crippen LogP contribution in [0.15, 0.2) is 0 Å². The number of carboxylic acid groups (broad SMARTS) is 1. The average molecular weight is 271 g/mol. The molecule has 0 atom stereocenters. The van der Waals surface area contributed by atoms with E-state index in [9.17, 15) is 9.59 Å². The first-order valence-corrected chi connectivity index (χ1v) is 6.67. The van der Waals surface area contributed by atoms with Crippen molar-refractivity contribution in [1.82, 2.24) is 15.1 Å². The lowest BCUT2D eigenvalue weighted by Gasteiger charge is -2.32. The number of hydrogen-bond acceptors (Lipinski definition) is 3. The highest BCUT2D eigenvalue weighted by molar-refractivity contribution is 5.85. The van der Waals surface area contributed by atoms with E-state index < -0.39 is 11.5 Å². The van der Waals surface area contributed by atoms with Gasteiger partial charge in [0.05, 0.1) is 0 Å². The molecule has 0 unspecified atom stereocenters. The van der Waals surface area contributed by atoms with Crippen LogP contribution in [0.1, 0.15) is 26.7 Å². The van der Waals surface area contributed by atoms with Gasteiger partial charge in [-0.05, 0) is 52.7 Å². The number of carboxylic acids is 1. The molecule has 0 aromatic carbocycles. The molecule has 1 aliphatic heterocycles. The molecule has 19 heavy (non-hydrogen) atoms. The lowest BCUT2D eigenvalue weighted by Crippen LogP contribution is -2.54. The van der Waals surface area contributed by atoms with Crippen molar-refractivity contribution < 1.29 is 14.7 Å². The Balaban J connectivity index is 2.43. The van der Waals surface area contributed by atoms with Crippen LogP contribution in [-0.4, -0.2) is 66.2 Å². The predicted molar refractivity (Wildman–Crippen MR) is 73.1 cm³/mol. The molecule has 0 radical (unpaired) electrons. The largest absolute Gasteiger partial charge is 0.480 e. The lowest BCUT2D eigenvalue weighted by molar-refractivity contribution is -0.143. The van der Waals surface area contributed by atoms with Crippen LogP contribution in [0.5, 0.6) is 0 Å². The van der Waals surface area contributed by atoms with Gasteiger partial charge in [0.2, 0.25) is 0 Å². The summed E-state index contributed by atoms with van der Waals surface area (Å²) >= 11 is 0. The summed E-state index contributed by atoms with van der Waals surface area (Å²) in [6.45, 7) is 5.75. The van der Waals surface area contributed by atoms with Crippen molar-refractivity contribution in [2.24, 2.45) is 5.92 Å². The summed E-state index contributed by atoms with van der Waals surface area (Å²) in [6, 6.07) is -0.327. The molecule has 110 valence electrons. The van der Waals surface area contributed by atoms with E-state index >= 15 is 0 Å². The molecule has 6 nitrogen and oxygen atoms in total. The molecule has 1 saturated heterocycles. The monoisotopic (exact) mass is 271 g/mol. The van der Waals surface area contributed by atoms with Crippen LogP contribution in [0.3, 0.4) is 0 Å². The number of aliphatic carboxylic acids is 1. The van der Waals surface area contributed by atoms with Crippen LogP contribution in [0.25, 0.3) is 0 Å². The Labute approximate surface area is 114 Å². The minimum absolute atomic E-state index is 0.327. The third-order valence-electron chi connectivity index (χ3n) is 3.67. The van der Waals surface area contributed by atoms with Gasteiger partial charge in [0.1, 0.15) is 5.54 Å². The zero-order valence-electron chi connectivity index (χ0n) is 12.3. The van der Waals surface area contributed by atoms with Gasteiger partial charge in [-0.3, -0.25) is 0 Å². The fourth-order valence-electron chi connectivity index (χ4n) is 2.13. The van der Waals surface area contributed by atoms with E-state index in [1.165, 1.54) is 13.8 Å². The Hall–Kier alpha value is -1.30. The summed E-state index contributed by atoms with van der Waals surface area (Å²) in [5, 5.41) is 11.5. The van der Waals surface area contributed by atoms with Gasteiger partial charge < -0.3 is 20.2 Å². The molecule has 0 aromatic heterocycles. The molecule has 6 heteroatoms. The highest BCUT2D eigenvalue weighted by Gasteiger charge is 2.30. The second-order valence-corrected chi connectivity index (χ2v) is 5.99. The smallest absolute Gasteiger partial charge is 0.328 e. The maximum absolute atomic E-state index is 11.9. The first kappa shape index (κ1) is 15.8. The van der Waals surface area contributed by atoms with Crippen molar-refractivity contribution in [3.05, 3.63) is 0 Å². The first-order chi connectivity index (χ1) is 8.72. The molecule has 2 amide bonds. The van der Waals surface area contributed by atoms with Gasteiger partial charge in [0.25, 0.3) is 0 Å². The summed E-state index contributed by atoms with van der Waals surface area (Å²) in [4.78, 5) is 26.8. The van der Waals surface area contributed by atoms with Crippen molar-refractivity contribution in [3.63, 3.8) is 0 Å². The van der Waals surface area contributed by atoms with Gasteiger partial charge in [-0.1, -0.05) is 0 Å². The number of urea groups is 1. The van der Waals surface area contributed by atoms with Crippen LogP contribution < -0.4 is 5.32 Å². The minimum atomic E-state index is -1.24. The summed E-state index contributed by atoms with van der Waals surface area (Å²) in [7, 11) is 3.81. The van der Waals surface area contributed by atoms with Gasteiger partial charge >= 0.3 is 12.0 Å². The standard InChI is InChI=1S/C13H25N3O3/c1-13(2,11(17)18)14-12(19)16(4)9-10-5-7-15(3)8-6-10/h10H,5-9H2,1-4H3,(H,14,19)(H,17,18). The van der Waals surface area contributed by atoms with Crippen molar-refractivity contribution in [3.8, 4) is 0 Å². The van der Waals surface area contributed by atoms with Crippen LogP contribution in [0.2, 0.25) is 0 Å². The molecule has 0 aromatic rings. The molecule has 0 aliphatic carbocycles. The Morgan fingerprint density at radius 3 is 2.37 bits per heavy atom. The minimum Gasteiger partial charge on any atom is -0.480 e. The Morgan fingerprint density at radius 1 is 1.37 bits per heavy atom. The summed E-state index contributed by atoms with van der Waals surface area (Å²) in [5.74, 6) is -0.534. The number of nitrogens with one attached hydrogen (secondary N) is 1. The van der Waals surface area contributed by atoms with Gasteiger partial charge in [0.15, 0.2) is 0 Å². The molecule has 0 saturated carbocycles. The third kappa shape index (κ3) is 4.70. The fraction of sp³-hybridized carbons (Fsp3) is 0.846. The van der Waals surface area contributed by atoms with Gasteiger partial charge in [-0.15, -0.1) is 0 Å². The summed E-state index contributed by atoms with van der Waals surface area (Å²) in [5.41, 5.74) is -1.24. The molecular weight excluding hydrogens is 246 g/mol. The Bertz CT molecular complexity index is 336. The molecule has 1 heterocycles. The van der Waals surface area contributed by atoms with E-state index in [4.69, 9.17) is 5.11 Å². The molecule has 1 fully saturated rings. The topological polar surface area (TPSA) is 72.9 Å². The lowest BCUT2D eigenvalue weighted by atomic mass is 9.97. The van der Waals surface area contributed by atoms with E-state index in [1.54, 1.807) is 11.9 Å². The van der Waals surface area contributed by atoms with Gasteiger partial charge in [0, 0.05) is 13.6 Å². The number of piperidine rings is 1. The maximum atomic E-state index is 11.9. The number of amides is 2. The Kier molecular flexibility index (Phi) is 5.17. The molecule has 1 rings (SSSR count). The van der Waals surface area contributed by atoms with Crippen LogP contribution >= 0.6 is 0 Å². The molecular formula is C13H25N3O3. The number of rotatable bonds is 4. The fourth-order valence-corrected chi connectivity index (χ4v) is 2.13. The molecule has 0 spiro atoms. The molecule has 2 N–H and O–H groups in total. The van der Waals surface area contributed by atoms with E-state index in [-0.39, 0.29) is 6.03 Å². The average Bonchev–Trinajstić information content (AvgIpc) is 2.31.